The van der Waals surface area contributed by atoms with Gasteiger partial charge in [-0.05, 0) is 26.2 Å². The number of hydrogen-bond donors (Lipinski definition) is 0. The lowest BCUT2D eigenvalue weighted by Gasteiger charge is -2.35. The van der Waals surface area contributed by atoms with Crippen molar-refractivity contribution in [2.75, 3.05) is 26.0 Å². The molecule has 1 fully saturated rings. The van der Waals surface area contributed by atoms with Crippen LogP contribution in [-0.2, 0) is 19.4 Å². The Hall–Kier alpha value is -0.880. The lowest BCUT2D eigenvalue weighted by atomic mass is 9.93. The molecule has 116 valence electrons. The summed E-state index contributed by atoms with van der Waals surface area (Å²) in [4.78, 5) is 13.6. The molecule has 0 N–H and O–H groups in total. The zero-order chi connectivity index (χ0) is 15.2. The minimum atomic E-state index is -3.01. The first kappa shape index (κ1) is 17.2. The number of nitrogens with zero attached hydrogens (tertiary/aromatic N) is 1. The van der Waals surface area contributed by atoms with Crippen LogP contribution in [0.5, 0.6) is 0 Å². The highest BCUT2D eigenvalue weighted by Crippen LogP contribution is 2.27. The van der Waals surface area contributed by atoms with Crippen LogP contribution in [0.2, 0.25) is 0 Å². The Balaban J connectivity index is 2.70. The second-order valence-electron chi connectivity index (χ2n) is 5.30. The largest absolute Gasteiger partial charge is 0.465 e. The third-order valence-corrected chi connectivity index (χ3v) is 5.36. The van der Waals surface area contributed by atoms with Crippen molar-refractivity contribution in [3.05, 3.63) is 12.7 Å². The van der Waals surface area contributed by atoms with Crippen LogP contribution in [0.15, 0.2) is 12.7 Å². The van der Waals surface area contributed by atoms with Crippen molar-refractivity contribution < 1.29 is 17.9 Å². The van der Waals surface area contributed by atoms with E-state index in [0.29, 0.717) is 19.6 Å². The van der Waals surface area contributed by atoms with Gasteiger partial charge in [0.2, 0.25) is 0 Å². The summed E-state index contributed by atoms with van der Waals surface area (Å²) in [6.07, 6.45) is 6.13. The molecular weight excluding hydrogens is 278 g/mol. The van der Waals surface area contributed by atoms with E-state index in [4.69, 9.17) is 4.74 Å². The normalized spacial score (nSPS) is 23.6. The maximum absolute atomic E-state index is 11.7. The number of esters is 1. The summed E-state index contributed by atoms with van der Waals surface area (Å²) >= 11 is 0. The van der Waals surface area contributed by atoms with Gasteiger partial charge in [-0.25, -0.2) is 8.42 Å². The molecule has 0 heterocycles. The highest BCUT2D eigenvalue weighted by Gasteiger charge is 2.32. The summed E-state index contributed by atoms with van der Waals surface area (Å²) in [7, 11) is -3.01. The summed E-state index contributed by atoms with van der Waals surface area (Å²) in [6, 6.07) is 0.103. The summed E-state index contributed by atoms with van der Waals surface area (Å²) in [5.74, 6) is -0.268. The van der Waals surface area contributed by atoms with Crippen LogP contribution in [0.25, 0.3) is 0 Å². The molecule has 0 bridgehead atoms. The molecule has 0 aromatic carbocycles. The van der Waals surface area contributed by atoms with Crippen molar-refractivity contribution in [3.8, 4) is 0 Å². The Kier molecular flexibility index (Phi) is 6.68. The first-order valence-electron chi connectivity index (χ1n) is 7.08. The smallest absolute Gasteiger partial charge is 0.320 e. The monoisotopic (exact) mass is 303 g/mol. The van der Waals surface area contributed by atoms with Gasteiger partial charge >= 0.3 is 5.97 Å². The topological polar surface area (TPSA) is 63.7 Å². The second kappa shape index (κ2) is 7.78. The fourth-order valence-corrected chi connectivity index (χ4v) is 3.89. The van der Waals surface area contributed by atoms with E-state index in [2.05, 4.69) is 6.58 Å². The number of rotatable bonds is 7. The molecule has 6 heteroatoms. The Morgan fingerprint density at radius 1 is 1.45 bits per heavy atom. The van der Waals surface area contributed by atoms with Crippen LogP contribution in [0.1, 0.15) is 32.6 Å². The van der Waals surface area contributed by atoms with Crippen LogP contribution in [0.3, 0.4) is 0 Å². The molecule has 2 atom stereocenters. The maximum Gasteiger partial charge on any atom is 0.320 e. The van der Waals surface area contributed by atoms with Crippen LogP contribution >= 0.6 is 0 Å². The summed E-state index contributed by atoms with van der Waals surface area (Å²) in [5, 5.41) is -0.296. The molecule has 0 aromatic rings. The van der Waals surface area contributed by atoms with Gasteiger partial charge in [0.1, 0.15) is 9.84 Å². The molecule has 0 spiro atoms. The zero-order valence-electron chi connectivity index (χ0n) is 12.4. The summed E-state index contributed by atoms with van der Waals surface area (Å²) in [6.45, 7) is 6.60. The van der Waals surface area contributed by atoms with Crippen LogP contribution in [0, 0.1) is 0 Å². The molecule has 1 saturated carbocycles. The summed E-state index contributed by atoms with van der Waals surface area (Å²) in [5.41, 5.74) is 0. The lowest BCUT2D eigenvalue weighted by Crippen LogP contribution is -2.44. The highest BCUT2D eigenvalue weighted by molar-refractivity contribution is 7.91. The van der Waals surface area contributed by atoms with Gasteiger partial charge in [0.05, 0.1) is 18.4 Å². The van der Waals surface area contributed by atoms with Gasteiger partial charge in [-0.15, -0.1) is 6.58 Å². The first-order chi connectivity index (χ1) is 9.38. The van der Waals surface area contributed by atoms with Crippen LogP contribution < -0.4 is 0 Å². The molecule has 0 aromatic heterocycles. The Labute approximate surface area is 121 Å². The molecule has 1 aliphatic carbocycles. The quantitative estimate of drug-likeness (QED) is 0.525. The Bertz CT molecular complexity index is 432. The van der Waals surface area contributed by atoms with E-state index < -0.39 is 9.84 Å². The average molecular weight is 303 g/mol. The molecule has 1 rings (SSSR count). The molecule has 2 unspecified atom stereocenters. The van der Waals surface area contributed by atoms with E-state index in [1.807, 2.05) is 4.90 Å². The molecule has 5 nitrogen and oxygen atoms in total. The number of sulfone groups is 1. The van der Waals surface area contributed by atoms with Gasteiger partial charge in [-0.1, -0.05) is 12.5 Å². The number of carbonyl (C=O) groups is 1. The van der Waals surface area contributed by atoms with Gasteiger partial charge in [-0.2, -0.15) is 0 Å². The highest BCUT2D eigenvalue weighted by atomic mass is 32.2. The minimum absolute atomic E-state index is 0.103. The van der Waals surface area contributed by atoms with E-state index in [1.165, 1.54) is 6.26 Å². The number of carbonyl (C=O) groups excluding carboxylic acids is 1. The van der Waals surface area contributed by atoms with Gasteiger partial charge < -0.3 is 4.74 Å². The molecule has 0 radical (unpaired) electrons. The average Bonchev–Trinajstić information content (AvgIpc) is 2.38. The zero-order valence-corrected chi connectivity index (χ0v) is 13.2. The number of ether oxygens (including phenoxy) is 1. The standard InChI is InChI=1S/C14H25NO4S/c1-4-9-15(11-14(16)19-5-2)12-7-6-8-13(10-12)20(3,17)18/h4,12-13H,1,5-11H2,2-3H3. The van der Waals surface area contributed by atoms with Gasteiger partial charge in [0, 0.05) is 18.8 Å². The van der Waals surface area contributed by atoms with Gasteiger partial charge in [-0.3, -0.25) is 9.69 Å². The Morgan fingerprint density at radius 3 is 2.70 bits per heavy atom. The fraction of sp³-hybridized carbons (Fsp3) is 0.786. The fourth-order valence-electron chi connectivity index (χ4n) is 2.72. The van der Waals surface area contributed by atoms with Crippen molar-refractivity contribution in [1.29, 1.82) is 0 Å². The second-order valence-corrected chi connectivity index (χ2v) is 7.62. The first-order valence-corrected chi connectivity index (χ1v) is 9.03. The molecule has 1 aliphatic rings. The van der Waals surface area contributed by atoms with Crippen molar-refractivity contribution in [1.82, 2.24) is 4.90 Å². The molecule has 0 aliphatic heterocycles. The van der Waals surface area contributed by atoms with Gasteiger partial charge in [0.15, 0.2) is 0 Å². The third kappa shape index (κ3) is 5.25. The van der Waals surface area contributed by atoms with E-state index in [0.717, 1.165) is 19.3 Å². The molecule has 20 heavy (non-hydrogen) atoms. The van der Waals surface area contributed by atoms with Crippen molar-refractivity contribution in [2.24, 2.45) is 0 Å². The van der Waals surface area contributed by atoms with Crippen molar-refractivity contribution in [2.45, 2.75) is 43.9 Å². The van der Waals surface area contributed by atoms with E-state index in [-0.39, 0.29) is 23.8 Å². The molecule has 0 saturated heterocycles. The van der Waals surface area contributed by atoms with Crippen LogP contribution in [-0.4, -0.2) is 56.5 Å². The third-order valence-electron chi connectivity index (χ3n) is 3.72. The Morgan fingerprint density at radius 2 is 2.15 bits per heavy atom. The SMILES string of the molecule is C=CCN(CC(=O)OCC)C1CCCC(S(C)(=O)=O)C1. The van der Waals surface area contributed by atoms with Crippen molar-refractivity contribution in [3.63, 3.8) is 0 Å². The van der Waals surface area contributed by atoms with E-state index in [9.17, 15) is 13.2 Å². The van der Waals surface area contributed by atoms with E-state index >= 15 is 0 Å². The summed E-state index contributed by atoms with van der Waals surface area (Å²) < 4.78 is 28.4. The lowest BCUT2D eigenvalue weighted by molar-refractivity contribution is -0.145. The predicted octanol–water partition coefficient (Wildman–Crippen LogP) is 1.39. The minimum Gasteiger partial charge on any atom is -0.465 e. The van der Waals surface area contributed by atoms with Gasteiger partial charge in [0.25, 0.3) is 0 Å². The maximum atomic E-state index is 11.7. The van der Waals surface area contributed by atoms with Crippen molar-refractivity contribution >= 4 is 15.8 Å². The van der Waals surface area contributed by atoms with E-state index in [1.54, 1.807) is 13.0 Å². The molecular formula is C14H25NO4S. The van der Waals surface area contributed by atoms with Crippen LogP contribution in [0.4, 0.5) is 0 Å². The number of hydrogen-bond acceptors (Lipinski definition) is 5. The predicted molar refractivity (Wildman–Crippen MR) is 79.3 cm³/mol. The molecule has 0 amide bonds.